The minimum atomic E-state index is -0.780. The minimum Gasteiger partial charge on any atom is -0.375 e. The van der Waals surface area contributed by atoms with Crippen molar-refractivity contribution in [2.24, 2.45) is 28.8 Å². The van der Waals surface area contributed by atoms with Gasteiger partial charge in [-0.2, -0.15) is 0 Å². The van der Waals surface area contributed by atoms with Crippen molar-refractivity contribution in [3.8, 4) is 0 Å². The molecule has 3 fully saturated rings. The molecule has 0 radical (unpaired) electrons. The first-order valence-corrected chi connectivity index (χ1v) is 15.5. The van der Waals surface area contributed by atoms with Crippen molar-refractivity contribution in [1.82, 2.24) is 15.1 Å². The van der Waals surface area contributed by atoms with E-state index >= 15 is 0 Å². The Morgan fingerprint density at radius 2 is 1.71 bits per heavy atom. The molecule has 6 atom stereocenters. The fourth-order valence-electron chi connectivity index (χ4n) is 7.53. The largest absolute Gasteiger partial charge is 0.375 e. The summed E-state index contributed by atoms with van der Waals surface area (Å²) in [6.07, 6.45) is 9.31. The van der Waals surface area contributed by atoms with Crippen LogP contribution in [0.3, 0.4) is 0 Å². The van der Waals surface area contributed by atoms with E-state index in [-0.39, 0.29) is 41.1 Å². The summed E-state index contributed by atoms with van der Waals surface area (Å²) in [6.45, 7) is 11.3. The molecule has 4 aliphatic heterocycles. The van der Waals surface area contributed by atoms with Crippen LogP contribution in [0.4, 0.5) is 0 Å². The van der Waals surface area contributed by atoms with Gasteiger partial charge in [-0.05, 0) is 36.2 Å². The molecule has 4 heterocycles. The topological polar surface area (TPSA) is 91.3 Å². The number of nitrogens with zero attached hydrogens (tertiary/aromatic N) is 3. The molecule has 0 unspecified atom stereocenters. The number of imide groups is 1. The fourth-order valence-corrected chi connectivity index (χ4v) is 7.53. The zero-order valence-corrected chi connectivity index (χ0v) is 25.0. The van der Waals surface area contributed by atoms with Gasteiger partial charge in [0.15, 0.2) is 6.23 Å². The number of benzene rings is 1. The number of amides is 3. The van der Waals surface area contributed by atoms with Gasteiger partial charge in [0.2, 0.25) is 17.7 Å². The van der Waals surface area contributed by atoms with E-state index in [2.05, 4.69) is 75.4 Å². The van der Waals surface area contributed by atoms with E-state index in [1.54, 1.807) is 0 Å². The van der Waals surface area contributed by atoms with E-state index in [9.17, 15) is 14.4 Å². The van der Waals surface area contributed by atoms with Gasteiger partial charge in [-0.1, -0.05) is 95.5 Å². The number of carbonyl (C=O) groups excluding carboxylic acids is 3. The quantitative estimate of drug-likeness (QED) is 0.412. The van der Waals surface area contributed by atoms with E-state index in [1.165, 1.54) is 10.5 Å². The molecule has 1 aliphatic carbocycles. The van der Waals surface area contributed by atoms with Gasteiger partial charge in [0, 0.05) is 24.2 Å². The Morgan fingerprint density at radius 3 is 2.37 bits per heavy atom. The molecule has 8 nitrogen and oxygen atoms in total. The molecular formula is C33H44N4O4. The van der Waals surface area contributed by atoms with Gasteiger partial charge >= 0.3 is 0 Å². The van der Waals surface area contributed by atoms with Gasteiger partial charge in [-0.15, -0.1) is 0 Å². The van der Waals surface area contributed by atoms with Crippen molar-refractivity contribution in [2.75, 3.05) is 6.54 Å². The summed E-state index contributed by atoms with van der Waals surface area (Å²) in [6, 6.07) is 7.19. The smallest absolute Gasteiger partial charge is 0.238 e. The Kier molecular flexibility index (Phi) is 7.33. The van der Waals surface area contributed by atoms with Gasteiger partial charge in [0.25, 0.3) is 0 Å². The van der Waals surface area contributed by atoms with Crippen molar-refractivity contribution >= 4 is 23.4 Å². The van der Waals surface area contributed by atoms with E-state index in [0.29, 0.717) is 12.5 Å². The first-order chi connectivity index (χ1) is 19.6. The maximum Gasteiger partial charge on any atom is 0.238 e. The highest BCUT2D eigenvalue weighted by Gasteiger charge is 2.67. The van der Waals surface area contributed by atoms with Gasteiger partial charge in [-0.3, -0.25) is 19.3 Å². The molecule has 6 rings (SSSR count). The second-order valence-corrected chi connectivity index (χ2v) is 14.0. The second kappa shape index (κ2) is 10.7. The monoisotopic (exact) mass is 560 g/mol. The number of likely N-dealkylation sites (tertiary alicyclic amines) is 1. The van der Waals surface area contributed by atoms with E-state index < -0.39 is 24.1 Å². The summed E-state index contributed by atoms with van der Waals surface area (Å²) in [5, 5.41) is 7.61. The SMILES string of the molecule is CC(C)CCNC(=O)[C@@H]1[C@H]2C(=O)N(C3CCCCC3)C(=O)[C@H]2[C@H]2C=C[C@@H]3C(c4ccc(C(C)(C)C)cc4)=NO[C@@H]3N21. The van der Waals surface area contributed by atoms with Crippen LogP contribution in [0.5, 0.6) is 0 Å². The highest BCUT2D eigenvalue weighted by Crippen LogP contribution is 2.49. The third-order valence-electron chi connectivity index (χ3n) is 9.77. The van der Waals surface area contributed by atoms with E-state index in [0.717, 1.165) is 49.8 Å². The highest BCUT2D eigenvalue weighted by molar-refractivity contribution is 6.10. The number of carbonyl (C=O) groups is 3. The lowest BCUT2D eigenvalue weighted by molar-refractivity contribution is -0.151. The summed E-state index contributed by atoms with van der Waals surface area (Å²) >= 11 is 0. The Balaban J connectivity index is 1.31. The van der Waals surface area contributed by atoms with Crippen molar-refractivity contribution < 1.29 is 19.2 Å². The fraction of sp³-hybridized carbons (Fsp3) is 0.636. The number of hydrogen-bond acceptors (Lipinski definition) is 6. The zero-order chi connectivity index (χ0) is 29.1. The van der Waals surface area contributed by atoms with E-state index in [1.807, 2.05) is 11.0 Å². The predicted molar refractivity (Wildman–Crippen MR) is 157 cm³/mol. The molecule has 1 aromatic rings. The summed E-state index contributed by atoms with van der Waals surface area (Å²) in [5.41, 5.74) is 3.06. The molecule has 1 aromatic carbocycles. The molecule has 2 saturated heterocycles. The molecule has 0 spiro atoms. The first kappa shape index (κ1) is 28.1. The number of nitrogens with one attached hydrogen (secondary N) is 1. The van der Waals surface area contributed by atoms with Crippen LogP contribution in [0.15, 0.2) is 41.6 Å². The number of hydrogen-bond donors (Lipinski definition) is 1. The second-order valence-electron chi connectivity index (χ2n) is 14.0. The van der Waals surface area contributed by atoms with Crippen LogP contribution in [0.25, 0.3) is 0 Å². The maximum absolute atomic E-state index is 14.0. The molecule has 41 heavy (non-hydrogen) atoms. The molecule has 220 valence electrons. The van der Waals surface area contributed by atoms with Gasteiger partial charge in [-0.25, -0.2) is 4.90 Å². The van der Waals surface area contributed by atoms with Crippen LogP contribution in [0.1, 0.15) is 84.3 Å². The molecule has 1 saturated carbocycles. The van der Waals surface area contributed by atoms with Crippen LogP contribution in [-0.2, 0) is 24.6 Å². The van der Waals surface area contributed by atoms with Gasteiger partial charge in [0.1, 0.15) is 6.04 Å². The molecule has 0 bridgehead atoms. The van der Waals surface area contributed by atoms with Crippen LogP contribution in [0, 0.1) is 23.7 Å². The third-order valence-corrected chi connectivity index (χ3v) is 9.77. The van der Waals surface area contributed by atoms with Gasteiger partial charge < -0.3 is 10.2 Å². The molecule has 8 heteroatoms. The zero-order valence-electron chi connectivity index (χ0n) is 25.0. The van der Waals surface area contributed by atoms with Crippen LogP contribution in [0.2, 0.25) is 0 Å². The number of rotatable bonds is 6. The van der Waals surface area contributed by atoms with Crippen LogP contribution >= 0.6 is 0 Å². The van der Waals surface area contributed by atoms with Crippen molar-refractivity contribution in [3.63, 3.8) is 0 Å². The minimum absolute atomic E-state index is 0.0427. The van der Waals surface area contributed by atoms with Crippen molar-refractivity contribution in [1.29, 1.82) is 0 Å². The standard InChI is InChI=1S/C33H44N4O4/c1-19(2)17-18-34-29(38)28-26-25(30(39)36(31(26)40)22-9-7-6-8-10-22)24-16-15-23-27(35-41-32(23)37(24)28)20-11-13-21(14-12-20)33(3,4)5/h11-16,19,22-26,28,32H,6-10,17-18H2,1-5H3,(H,34,38)/t23-,24-,25+,26+,28+,32+/m1/s1. The highest BCUT2D eigenvalue weighted by atomic mass is 16.7. The molecule has 3 amide bonds. The summed E-state index contributed by atoms with van der Waals surface area (Å²) in [5.74, 6) is -1.56. The number of fused-ring (bicyclic) bond motifs is 5. The predicted octanol–water partition coefficient (Wildman–Crippen LogP) is 4.38. The van der Waals surface area contributed by atoms with Crippen LogP contribution < -0.4 is 5.32 Å². The third kappa shape index (κ3) is 4.82. The summed E-state index contributed by atoms with van der Waals surface area (Å²) in [7, 11) is 0. The molecular weight excluding hydrogens is 516 g/mol. The van der Waals surface area contributed by atoms with Gasteiger partial charge in [0.05, 0.1) is 23.5 Å². The lowest BCUT2D eigenvalue weighted by atomic mass is 9.84. The average molecular weight is 561 g/mol. The number of oxime groups is 1. The summed E-state index contributed by atoms with van der Waals surface area (Å²) < 4.78 is 0. The Hall–Kier alpha value is -3.00. The summed E-state index contributed by atoms with van der Waals surface area (Å²) in [4.78, 5) is 51.5. The average Bonchev–Trinajstić information content (AvgIpc) is 3.59. The lowest BCUT2D eigenvalue weighted by Gasteiger charge is -2.39. The lowest BCUT2D eigenvalue weighted by Crippen LogP contribution is -2.58. The van der Waals surface area contributed by atoms with E-state index in [4.69, 9.17) is 4.84 Å². The molecule has 5 aliphatic rings. The maximum atomic E-state index is 14.0. The van der Waals surface area contributed by atoms with Crippen molar-refractivity contribution in [2.45, 2.75) is 103 Å². The Morgan fingerprint density at radius 1 is 1.02 bits per heavy atom. The Bertz CT molecular complexity index is 1260. The first-order valence-electron chi connectivity index (χ1n) is 15.5. The van der Waals surface area contributed by atoms with Crippen molar-refractivity contribution in [3.05, 3.63) is 47.5 Å². The van der Waals surface area contributed by atoms with Crippen LogP contribution in [-0.4, -0.2) is 64.1 Å². The molecule has 1 N–H and O–H groups in total. The molecule has 0 aromatic heterocycles. The Labute approximate surface area is 243 Å². The normalized spacial score (nSPS) is 31.7.